The second-order valence-corrected chi connectivity index (χ2v) is 9.71. The lowest BCUT2D eigenvalue weighted by Gasteiger charge is -2.29. The number of hydrogen-bond acceptors (Lipinski definition) is 2. The van der Waals surface area contributed by atoms with Gasteiger partial charge in [0, 0.05) is 22.1 Å². The van der Waals surface area contributed by atoms with E-state index in [1.54, 1.807) is 19.1 Å². The van der Waals surface area contributed by atoms with Crippen molar-refractivity contribution >= 4 is 35.1 Å². The van der Waals surface area contributed by atoms with E-state index in [1.165, 1.54) is 0 Å². The molecule has 0 saturated carbocycles. The number of carbonyl (C=O) groups is 1. The average Bonchev–Trinajstić information content (AvgIpc) is 2.67. The molecule has 0 aliphatic heterocycles. The van der Waals surface area contributed by atoms with Gasteiger partial charge >= 0.3 is 0 Å². The van der Waals surface area contributed by atoms with Crippen LogP contribution in [0.25, 0.3) is 0 Å². The topological polar surface area (TPSA) is 34.1 Å². The molecule has 4 heteroatoms. The first-order valence-corrected chi connectivity index (χ1v) is 10.6. The Morgan fingerprint density at radius 2 is 1.31 bits per heavy atom. The Morgan fingerprint density at radius 3 is 1.73 bits per heavy atom. The number of carbonyl (C=O) groups excluding carboxylic acids is 1. The van der Waals surface area contributed by atoms with Crippen molar-refractivity contribution in [3.8, 4) is 0 Å². The van der Waals surface area contributed by atoms with E-state index in [2.05, 4.69) is 0 Å². The number of Topliss-reactive ketones (excluding diaryl/α,β-unsaturated/α-hetero) is 1. The molecule has 0 aliphatic carbocycles. The minimum Gasteiger partial charge on any atom is -0.313 e. The van der Waals surface area contributed by atoms with Crippen LogP contribution in [0.4, 0.5) is 0 Å². The molecule has 0 radical (unpaired) electrons. The molecule has 0 N–H and O–H groups in total. The molecule has 0 amide bonds. The van der Waals surface area contributed by atoms with E-state index in [4.69, 9.17) is 11.6 Å². The molecule has 0 spiro atoms. The highest BCUT2D eigenvalue weighted by molar-refractivity contribution is 7.79. The Balaban J connectivity index is 2.24. The zero-order chi connectivity index (χ0) is 18.6. The predicted octanol–water partition coefficient (Wildman–Crippen LogP) is 5.37. The lowest BCUT2D eigenvalue weighted by molar-refractivity contribution is -0.117. The summed E-state index contributed by atoms with van der Waals surface area (Å²) in [7, 11) is -3.09. The summed E-state index contributed by atoms with van der Waals surface area (Å²) in [6, 6.07) is 26.2. The molecule has 3 aromatic carbocycles. The molecular weight excluding hydrogens is 363 g/mol. The SMILES string of the molecule is CC(=O)C[C@@H](c1ccc(Cl)cc1)P(=O)(c1ccccc1)c1ccccc1. The number of halogens is 1. The third kappa shape index (κ3) is 3.82. The fourth-order valence-electron chi connectivity index (χ4n) is 3.22. The maximum Gasteiger partial charge on any atom is 0.150 e. The first-order chi connectivity index (χ1) is 12.5. The van der Waals surface area contributed by atoms with Gasteiger partial charge in [0.05, 0.1) is 5.66 Å². The average molecular weight is 383 g/mol. The Labute approximate surface area is 159 Å². The summed E-state index contributed by atoms with van der Waals surface area (Å²) >= 11 is 6.03. The number of rotatable bonds is 6. The Kier molecular flexibility index (Phi) is 5.76. The maximum atomic E-state index is 14.6. The largest absolute Gasteiger partial charge is 0.313 e. The van der Waals surface area contributed by atoms with Crippen LogP contribution in [0.1, 0.15) is 24.6 Å². The summed E-state index contributed by atoms with van der Waals surface area (Å²) in [5.41, 5.74) is 0.433. The minimum absolute atomic E-state index is 0.0111. The predicted molar refractivity (Wildman–Crippen MR) is 109 cm³/mol. The Morgan fingerprint density at radius 1 is 0.846 bits per heavy atom. The monoisotopic (exact) mass is 382 g/mol. The van der Waals surface area contributed by atoms with Gasteiger partial charge in [-0.25, -0.2) is 0 Å². The first-order valence-electron chi connectivity index (χ1n) is 8.47. The van der Waals surface area contributed by atoms with E-state index < -0.39 is 12.8 Å². The summed E-state index contributed by atoms with van der Waals surface area (Å²) in [5, 5.41) is 2.13. The van der Waals surface area contributed by atoms with Gasteiger partial charge in [0.25, 0.3) is 0 Å². The Hall–Kier alpha value is -2.15. The summed E-state index contributed by atoms with van der Waals surface area (Å²) in [5.74, 6) is 0.0111. The van der Waals surface area contributed by atoms with Crippen LogP contribution in [0.3, 0.4) is 0 Å². The molecule has 0 saturated heterocycles. The summed E-state index contributed by atoms with van der Waals surface area (Å²) < 4.78 is 14.6. The molecule has 0 unspecified atom stereocenters. The van der Waals surface area contributed by atoms with Crippen LogP contribution in [0.2, 0.25) is 5.02 Å². The van der Waals surface area contributed by atoms with Crippen molar-refractivity contribution in [2.75, 3.05) is 0 Å². The second-order valence-electron chi connectivity index (χ2n) is 6.30. The van der Waals surface area contributed by atoms with Crippen LogP contribution in [0.5, 0.6) is 0 Å². The highest BCUT2D eigenvalue weighted by Gasteiger charge is 2.38. The Bertz CT molecular complexity index is 878. The van der Waals surface area contributed by atoms with Gasteiger partial charge in [-0.15, -0.1) is 0 Å². The van der Waals surface area contributed by atoms with E-state index >= 15 is 0 Å². The zero-order valence-electron chi connectivity index (χ0n) is 14.5. The van der Waals surface area contributed by atoms with Crippen LogP contribution < -0.4 is 10.6 Å². The van der Waals surface area contributed by atoms with E-state index in [1.807, 2.05) is 72.8 Å². The summed E-state index contributed by atoms with van der Waals surface area (Å²) in [6.07, 6.45) is 0.211. The lowest BCUT2D eigenvalue weighted by Crippen LogP contribution is -2.22. The van der Waals surface area contributed by atoms with Gasteiger partial charge in [0.2, 0.25) is 0 Å². The molecule has 3 aromatic rings. The molecule has 0 aromatic heterocycles. The van der Waals surface area contributed by atoms with E-state index in [0.717, 1.165) is 16.2 Å². The normalized spacial score (nSPS) is 12.5. The molecule has 2 nitrogen and oxygen atoms in total. The fourth-order valence-corrected chi connectivity index (χ4v) is 6.70. The van der Waals surface area contributed by atoms with Crippen molar-refractivity contribution in [1.82, 2.24) is 0 Å². The maximum absolute atomic E-state index is 14.6. The lowest BCUT2D eigenvalue weighted by atomic mass is 10.1. The third-order valence-corrected chi connectivity index (χ3v) is 8.20. The highest BCUT2D eigenvalue weighted by atomic mass is 35.5. The van der Waals surface area contributed by atoms with Gasteiger partial charge in [-0.05, 0) is 24.6 Å². The van der Waals surface area contributed by atoms with Crippen molar-refractivity contribution in [2.24, 2.45) is 0 Å². The van der Waals surface area contributed by atoms with Crippen molar-refractivity contribution in [2.45, 2.75) is 19.0 Å². The van der Waals surface area contributed by atoms with E-state index in [9.17, 15) is 9.36 Å². The van der Waals surface area contributed by atoms with Gasteiger partial charge in [-0.1, -0.05) is 84.4 Å². The molecular formula is C22H20ClO2P. The van der Waals surface area contributed by atoms with Crippen molar-refractivity contribution in [3.63, 3.8) is 0 Å². The second kappa shape index (κ2) is 8.03. The van der Waals surface area contributed by atoms with Gasteiger partial charge in [0.15, 0.2) is 7.14 Å². The van der Waals surface area contributed by atoms with Crippen LogP contribution in [0, 0.1) is 0 Å². The van der Waals surface area contributed by atoms with Crippen molar-refractivity contribution < 1.29 is 9.36 Å². The van der Waals surface area contributed by atoms with E-state index in [0.29, 0.717) is 5.02 Å². The number of hydrogen-bond donors (Lipinski definition) is 0. The zero-order valence-corrected chi connectivity index (χ0v) is 16.2. The van der Waals surface area contributed by atoms with E-state index in [-0.39, 0.29) is 12.2 Å². The molecule has 0 heterocycles. The number of ketones is 1. The van der Waals surface area contributed by atoms with Gasteiger partial charge < -0.3 is 4.57 Å². The summed E-state index contributed by atoms with van der Waals surface area (Å²) in [4.78, 5) is 12.1. The summed E-state index contributed by atoms with van der Waals surface area (Å²) in [6.45, 7) is 1.54. The number of benzene rings is 3. The van der Waals surface area contributed by atoms with Gasteiger partial charge in [-0.2, -0.15) is 0 Å². The minimum atomic E-state index is -3.09. The standard InChI is InChI=1S/C22H20ClO2P/c1-17(24)16-22(18-12-14-19(23)15-13-18)26(25,20-8-4-2-5-9-20)21-10-6-3-7-11-21/h2-15,22H,16H2,1H3/t22-/m0/s1. The van der Waals surface area contributed by atoms with Crippen molar-refractivity contribution in [3.05, 3.63) is 95.5 Å². The fraction of sp³-hybridized carbons (Fsp3) is 0.136. The quantitative estimate of drug-likeness (QED) is 0.537. The van der Waals surface area contributed by atoms with Gasteiger partial charge in [-0.3, -0.25) is 4.79 Å². The van der Waals surface area contributed by atoms with Crippen molar-refractivity contribution in [1.29, 1.82) is 0 Å². The highest BCUT2D eigenvalue weighted by Crippen LogP contribution is 2.58. The molecule has 0 bridgehead atoms. The molecule has 3 rings (SSSR count). The van der Waals surface area contributed by atoms with Gasteiger partial charge in [0.1, 0.15) is 5.78 Å². The molecule has 0 fully saturated rings. The molecule has 0 aliphatic rings. The molecule has 132 valence electrons. The first kappa shape index (κ1) is 18.6. The van der Waals surface area contributed by atoms with Crippen LogP contribution in [0.15, 0.2) is 84.9 Å². The smallest absolute Gasteiger partial charge is 0.150 e. The van der Waals surface area contributed by atoms with Crippen LogP contribution in [-0.4, -0.2) is 5.78 Å². The molecule has 26 heavy (non-hydrogen) atoms. The third-order valence-electron chi connectivity index (χ3n) is 4.45. The van der Waals surface area contributed by atoms with Crippen LogP contribution in [-0.2, 0) is 9.36 Å². The van der Waals surface area contributed by atoms with Crippen LogP contribution >= 0.6 is 18.7 Å². The molecule has 1 atom stereocenters.